The minimum absolute atomic E-state index is 0.00423. The summed E-state index contributed by atoms with van der Waals surface area (Å²) in [5.41, 5.74) is -5.18. The van der Waals surface area contributed by atoms with E-state index in [0.717, 1.165) is 4.90 Å². The van der Waals surface area contributed by atoms with Crippen LogP contribution < -0.4 is 0 Å². The summed E-state index contributed by atoms with van der Waals surface area (Å²) >= 11 is 0. The van der Waals surface area contributed by atoms with Crippen molar-refractivity contribution in [1.82, 2.24) is 4.90 Å². The zero-order chi connectivity index (χ0) is 21.8. The highest BCUT2D eigenvalue weighted by atomic mass is 32.2. The minimum Gasteiger partial charge on any atom is -0.464 e. The third kappa shape index (κ3) is 5.12. The van der Waals surface area contributed by atoms with Gasteiger partial charge in [-0.2, -0.15) is 21.6 Å². The maximum Gasteiger partial charge on any atom is 0.523 e. The van der Waals surface area contributed by atoms with Crippen LogP contribution in [0.25, 0.3) is 0 Å². The van der Waals surface area contributed by atoms with Crippen LogP contribution in [0.3, 0.4) is 0 Å². The smallest absolute Gasteiger partial charge is 0.464 e. The Kier molecular flexibility index (Phi) is 7.01. The number of carbonyl (C=O) groups excluding carboxylic acids is 3. The molecule has 1 aliphatic rings. The highest BCUT2D eigenvalue weighted by molar-refractivity contribution is 7.87. The van der Waals surface area contributed by atoms with Crippen LogP contribution in [0.1, 0.15) is 46.9 Å². The lowest BCUT2D eigenvalue weighted by Gasteiger charge is -2.18. The SMILES string of the molecule is CCOC(=O)C(CCCCN1C(=O)c2ccccc2C1=O)OS(=O)(=O)C(F)(F)F. The number of hydrogen-bond donors (Lipinski definition) is 0. The topological polar surface area (TPSA) is 107 Å². The van der Waals surface area contributed by atoms with Crippen LogP contribution in [0.15, 0.2) is 24.3 Å². The molecule has 0 saturated heterocycles. The Bertz CT molecular complexity index is 864. The summed E-state index contributed by atoms with van der Waals surface area (Å²) in [6.45, 7) is 1.17. The van der Waals surface area contributed by atoms with Crippen molar-refractivity contribution in [2.45, 2.75) is 37.8 Å². The van der Waals surface area contributed by atoms with Crippen molar-refractivity contribution in [3.05, 3.63) is 35.4 Å². The summed E-state index contributed by atoms with van der Waals surface area (Å²) in [6, 6.07) is 6.22. The second-order valence-electron chi connectivity index (χ2n) is 6.04. The molecular weight excluding hydrogens is 419 g/mol. The van der Waals surface area contributed by atoms with Gasteiger partial charge in [-0.05, 0) is 38.3 Å². The fourth-order valence-electron chi connectivity index (χ4n) is 2.69. The normalized spacial score (nSPS) is 15.4. The molecule has 160 valence electrons. The van der Waals surface area contributed by atoms with Gasteiger partial charge in [-0.1, -0.05) is 12.1 Å². The number of alkyl halides is 3. The van der Waals surface area contributed by atoms with Gasteiger partial charge in [-0.3, -0.25) is 14.5 Å². The second-order valence-corrected chi connectivity index (χ2v) is 7.60. The van der Waals surface area contributed by atoms with E-state index in [1.807, 2.05) is 0 Å². The number of fused-ring (bicyclic) bond motifs is 1. The van der Waals surface area contributed by atoms with Gasteiger partial charge in [-0.15, -0.1) is 0 Å². The Morgan fingerprint density at radius 2 is 1.66 bits per heavy atom. The predicted molar refractivity (Wildman–Crippen MR) is 92.1 cm³/mol. The van der Waals surface area contributed by atoms with E-state index in [0.29, 0.717) is 0 Å². The molecule has 2 rings (SSSR count). The van der Waals surface area contributed by atoms with E-state index in [9.17, 15) is 36.0 Å². The van der Waals surface area contributed by atoms with Crippen molar-refractivity contribution in [2.75, 3.05) is 13.2 Å². The number of imide groups is 1. The zero-order valence-electron chi connectivity index (χ0n) is 15.3. The molecule has 0 radical (unpaired) electrons. The molecule has 1 unspecified atom stereocenters. The second kappa shape index (κ2) is 8.91. The Labute approximate surface area is 164 Å². The standard InChI is InChI=1S/C17H18F3NO7S/c1-2-27-16(24)13(28-29(25,26)17(18,19)20)9-5-6-10-21-14(22)11-7-3-4-8-12(11)15(21)23/h3-4,7-8,13H,2,5-6,9-10H2,1H3. The predicted octanol–water partition coefficient (Wildman–Crippen LogP) is 2.25. The van der Waals surface area contributed by atoms with E-state index in [-0.39, 0.29) is 37.1 Å². The average Bonchev–Trinajstić information content (AvgIpc) is 2.88. The van der Waals surface area contributed by atoms with Gasteiger partial charge in [0, 0.05) is 6.54 Å². The molecule has 0 aromatic heterocycles. The number of amides is 2. The van der Waals surface area contributed by atoms with Gasteiger partial charge in [0.2, 0.25) is 0 Å². The summed E-state index contributed by atoms with van der Waals surface area (Å²) in [5, 5.41) is 0. The summed E-state index contributed by atoms with van der Waals surface area (Å²) in [4.78, 5) is 37.2. The molecule has 2 amide bonds. The Morgan fingerprint density at radius 1 is 1.10 bits per heavy atom. The molecule has 29 heavy (non-hydrogen) atoms. The number of halogens is 3. The van der Waals surface area contributed by atoms with Gasteiger partial charge in [0.05, 0.1) is 17.7 Å². The highest BCUT2D eigenvalue weighted by Gasteiger charge is 2.49. The van der Waals surface area contributed by atoms with Gasteiger partial charge in [-0.25, -0.2) is 8.98 Å². The largest absolute Gasteiger partial charge is 0.523 e. The maximum atomic E-state index is 12.5. The third-order valence-electron chi connectivity index (χ3n) is 4.05. The van der Waals surface area contributed by atoms with Crippen LogP contribution in [-0.4, -0.2) is 55.9 Å². The summed E-state index contributed by atoms with van der Waals surface area (Å²) in [5.74, 6) is -2.24. The molecule has 1 aromatic rings. The Balaban J connectivity index is 1.96. The monoisotopic (exact) mass is 437 g/mol. The lowest BCUT2D eigenvalue weighted by molar-refractivity contribution is -0.152. The number of carbonyl (C=O) groups is 3. The highest BCUT2D eigenvalue weighted by Crippen LogP contribution is 2.27. The van der Waals surface area contributed by atoms with Crippen LogP contribution >= 0.6 is 0 Å². The van der Waals surface area contributed by atoms with Crippen molar-refractivity contribution < 1.29 is 44.9 Å². The maximum absolute atomic E-state index is 12.5. The molecule has 1 heterocycles. The van der Waals surface area contributed by atoms with E-state index in [1.165, 1.54) is 19.1 Å². The summed E-state index contributed by atoms with van der Waals surface area (Å²) in [7, 11) is -5.99. The molecule has 1 atom stereocenters. The molecule has 12 heteroatoms. The third-order valence-corrected chi connectivity index (χ3v) is 5.10. The van der Waals surface area contributed by atoms with Gasteiger partial charge in [0.25, 0.3) is 11.8 Å². The first-order valence-electron chi connectivity index (χ1n) is 8.61. The van der Waals surface area contributed by atoms with Crippen LogP contribution in [0.4, 0.5) is 13.2 Å². The number of ether oxygens (including phenoxy) is 1. The first-order chi connectivity index (χ1) is 13.5. The summed E-state index contributed by atoms with van der Waals surface area (Å²) < 4.78 is 68.4. The van der Waals surface area contributed by atoms with Gasteiger partial charge >= 0.3 is 21.6 Å². The average molecular weight is 437 g/mol. The number of hydrogen-bond acceptors (Lipinski definition) is 7. The minimum atomic E-state index is -5.99. The van der Waals surface area contributed by atoms with Gasteiger partial charge in [0.1, 0.15) is 0 Å². The number of esters is 1. The molecule has 1 aliphatic heterocycles. The number of nitrogens with zero attached hydrogens (tertiary/aromatic N) is 1. The molecule has 0 aliphatic carbocycles. The fraction of sp³-hybridized carbons (Fsp3) is 0.471. The first kappa shape index (κ1) is 22.8. The van der Waals surface area contributed by atoms with Crippen molar-refractivity contribution in [3.63, 3.8) is 0 Å². The van der Waals surface area contributed by atoms with E-state index >= 15 is 0 Å². The molecule has 0 N–H and O–H groups in total. The molecule has 0 fully saturated rings. The van der Waals surface area contributed by atoms with Crippen LogP contribution in [0.2, 0.25) is 0 Å². The van der Waals surface area contributed by atoms with Crippen molar-refractivity contribution in [1.29, 1.82) is 0 Å². The zero-order valence-corrected chi connectivity index (χ0v) is 16.1. The molecule has 1 aromatic carbocycles. The van der Waals surface area contributed by atoms with Crippen molar-refractivity contribution >= 4 is 27.9 Å². The number of rotatable bonds is 9. The number of unbranched alkanes of at least 4 members (excludes halogenated alkanes) is 1. The first-order valence-corrected chi connectivity index (χ1v) is 10.0. The number of benzene rings is 1. The fourth-order valence-corrected chi connectivity index (χ4v) is 3.28. The quantitative estimate of drug-likeness (QED) is 0.192. The van der Waals surface area contributed by atoms with E-state index in [1.54, 1.807) is 12.1 Å². The Hall–Kier alpha value is -2.47. The van der Waals surface area contributed by atoms with Crippen LogP contribution in [-0.2, 0) is 23.8 Å². The lowest BCUT2D eigenvalue weighted by atomic mass is 10.1. The van der Waals surface area contributed by atoms with E-state index in [2.05, 4.69) is 8.92 Å². The molecule has 0 spiro atoms. The Morgan fingerprint density at radius 3 is 2.14 bits per heavy atom. The molecule has 0 bridgehead atoms. The molecular formula is C17H18F3NO7S. The van der Waals surface area contributed by atoms with Crippen LogP contribution in [0, 0.1) is 0 Å². The van der Waals surface area contributed by atoms with Gasteiger partial charge in [0.15, 0.2) is 6.10 Å². The molecule has 0 saturated carbocycles. The van der Waals surface area contributed by atoms with Crippen LogP contribution in [0.5, 0.6) is 0 Å². The lowest BCUT2D eigenvalue weighted by Crippen LogP contribution is -2.35. The van der Waals surface area contributed by atoms with Crippen molar-refractivity contribution in [3.8, 4) is 0 Å². The van der Waals surface area contributed by atoms with Gasteiger partial charge < -0.3 is 4.74 Å². The van der Waals surface area contributed by atoms with E-state index < -0.39 is 45.9 Å². The molecule has 8 nitrogen and oxygen atoms in total. The summed E-state index contributed by atoms with van der Waals surface area (Å²) in [6.07, 6.45) is -2.26. The van der Waals surface area contributed by atoms with Crippen molar-refractivity contribution in [2.24, 2.45) is 0 Å². The van der Waals surface area contributed by atoms with E-state index in [4.69, 9.17) is 0 Å².